The Bertz CT molecular complexity index is 383. The van der Waals surface area contributed by atoms with Gasteiger partial charge in [-0.1, -0.05) is 5.21 Å². The second-order valence-corrected chi connectivity index (χ2v) is 4.72. The smallest absolute Gasteiger partial charge is 0.358 e. The molecule has 0 saturated heterocycles. The molecule has 0 unspecified atom stereocenters. The van der Waals surface area contributed by atoms with E-state index >= 15 is 0 Å². The van der Waals surface area contributed by atoms with Gasteiger partial charge in [-0.2, -0.15) is 0 Å². The normalized spacial score (nSPS) is 12.1. The van der Waals surface area contributed by atoms with Gasteiger partial charge in [0.25, 0.3) is 0 Å². The number of nitrogens with zero attached hydrogens (tertiary/aromatic N) is 4. The maximum atomic E-state index is 10.6. The van der Waals surface area contributed by atoms with E-state index in [-0.39, 0.29) is 5.69 Å². The molecular weight excluding hydrogens is 224 g/mol. The summed E-state index contributed by atoms with van der Waals surface area (Å²) in [5, 5.41) is 25.5. The Balaban J connectivity index is 2.42. The SMILES string of the molecule is CN(CCn1cc(C(=O)O)nn1)CC(C)(C)O. The monoisotopic (exact) mass is 242 g/mol. The lowest BCUT2D eigenvalue weighted by atomic mass is 10.1. The zero-order chi connectivity index (χ0) is 13.1. The molecule has 2 N–H and O–H groups in total. The Morgan fingerprint density at radius 1 is 1.59 bits per heavy atom. The van der Waals surface area contributed by atoms with Crippen molar-refractivity contribution in [1.29, 1.82) is 0 Å². The van der Waals surface area contributed by atoms with E-state index in [9.17, 15) is 9.90 Å². The van der Waals surface area contributed by atoms with Crippen LogP contribution in [0.1, 0.15) is 24.3 Å². The number of likely N-dealkylation sites (N-methyl/N-ethyl adjacent to an activating group) is 1. The average Bonchev–Trinajstić information content (AvgIpc) is 2.60. The molecule has 0 fully saturated rings. The molecule has 0 aliphatic rings. The van der Waals surface area contributed by atoms with Gasteiger partial charge in [0.05, 0.1) is 18.3 Å². The van der Waals surface area contributed by atoms with Crippen molar-refractivity contribution in [2.24, 2.45) is 0 Å². The van der Waals surface area contributed by atoms with Crippen LogP contribution in [0.2, 0.25) is 0 Å². The summed E-state index contributed by atoms with van der Waals surface area (Å²) in [7, 11) is 1.88. The zero-order valence-electron chi connectivity index (χ0n) is 10.3. The number of rotatable bonds is 6. The molecule has 0 aliphatic heterocycles. The standard InChI is InChI=1S/C10H18N4O3/c1-10(2,17)7-13(3)4-5-14-6-8(9(15)16)11-12-14/h6,17H,4-5,7H2,1-3H3,(H,15,16). The minimum absolute atomic E-state index is 0.0601. The molecule has 96 valence electrons. The van der Waals surface area contributed by atoms with Crippen LogP contribution in [0.4, 0.5) is 0 Å². The van der Waals surface area contributed by atoms with Gasteiger partial charge in [0, 0.05) is 13.1 Å². The first-order valence-electron chi connectivity index (χ1n) is 5.32. The van der Waals surface area contributed by atoms with E-state index in [0.29, 0.717) is 19.6 Å². The Hall–Kier alpha value is -1.47. The van der Waals surface area contributed by atoms with Gasteiger partial charge in [0.1, 0.15) is 0 Å². The van der Waals surface area contributed by atoms with Gasteiger partial charge < -0.3 is 15.1 Å². The van der Waals surface area contributed by atoms with Gasteiger partial charge in [-0.15, -0.1) is 5.10 Å². The van der Waals surface area contributed by atoms with E-state index < -0.39 is 11.6 Å². The van der Waals surface area contributed by atoms with Crippen molar-refractivity contribution in [3.05, 3.63) is 11.9 Å². The summed E-state index contributed by atoms with van der Waals surface area (Å²) in [5.74, 6) is -1.08. The molecule has 7 nitrogen and oxygen atoms in total. The molecule has 0 radical (unpaired) electrons. The summed E-state index contributed by atoms with van der Waals surface area (Å²) in [6.45, 7) is 5.20. The van der Waals surface area contributed by atoms with Crippen LogP contribution >= 0.6 is 0 Å². The van der Waals surface area contributed by atoms with Crippen LogP contribution < -0.4 is 0 Å². The number of hydrogen-bond donors (Lipinski definition) is 2. The fraction of sp³-hybridized carbons (Fsp3) is 0.700. The van der Waals surface area contributed by atoms with Crippen molar-refractivity contribution >= 4 is 5.97 Å². The Labute approximate surface area is 99.7 Å². The molecule has 0 aromatic carbocycles. The third-order valence-electron chi connectivity index (χ3n) is 2.13. The molecule has 0 aliphatic carbocycles. The van der Waals surface area contributed by atoms with E-state index in [2.05, 4.69) is 10.3 Å². The van der Waals surface area contributed by atoms with Crippen LogP contribution in [0.15, 0.2) is 6.20 Å². The molecule has 0 amide bonds. The van der Waals surface area contributed by atoms with Crippen molar-refractivity contribution in [2.75, 3.05) is 20.1 Å². The topological polar surface area (TPSA) is 91.5 Å². The maximum Gasteiger partial charge on any atom is 0.358 e. The first-order valence-corrected chi connectivity index (χ1v) is 5.32. The van der Waals surface area contributed by atoms with Crippen molar-refractivity contribution in [3.63, 3.8) is 0 Å². The van der Waals surface area contributed by atoms with Crippen LogP contribution in [0, 0.1) is 0 Å². The lowest BCUT2D eigenvalue weighted by Gasteiger charge is -2.25. The number of hydrogen-bond acceptors (Lipinski definition) is 5. The summed E-state index contributed by atoms with van der Waals surface area (Å²) in [5.41, 5.74) is -0.807. The van der Waals surface area contributed by atoms with Gasteiger partial charge in [0.15, 0.2) is 5.69 Å². The van der Waals surface area contributed by atoms with E-state index in [1.807, 2.05) is 11.9 Å². The molecule has 0 atom stereocenters. The first-order chi connectivity index (χ1) is 7.78. The summed E-state index contributed by atoms with van der Waals surface area (Å²) < 4.78 is 1.48. The molecule has 1 aromatic rings. The Morgan fingerprint density at radius 2 is 2.24 bits per heavy atom. The number of carboxylic acids is 1. The minimum atomic E-state index is -1.08. The Kier molecular flexibility index (Phi) is 4.19. The van der Waals surface area contributed by atoms with Gasteiger partial charge in [-0.05, 0) is 20.9 Å². The quantitative estimate of drug-likeness (QED) is 0.710. The largest absolute Gasteiger partial charge is 0.476 e. The highest BCUT2D eigenvalue weighted by molar-refractivity contribution is 5.84. The molecule has 0 spiro atoms. The molecule has 7 heteroatoms. The molecule has 0 saturated carbocycles. The summed E-state index contributed by atoms with van der Waals surface area (Å²) in [6.07, 6.45) is 1.39. The predicted molar refractivity (Wildman–Crippen MR) is 60.8 cm³/mol. The Morgan fingerprint density at radius 3 is 2.71 bits per heavy atom. The summed E-state index contributed by atoms with van der Waals surface area (Å²) >= 11 is 0. The molecular formula is C10H18N4O3. The van der Waals surface area contributed by atoms with Crippen LogP contribution in [0.3, 0.4) is 0 Å². The summed E-state index contributed by atoms with van der Waals surface area (Å²) in [6, 6.07) is 0. The molecule has 0 bridgehead atoms. The lowest BCUT2D eigenvalue weighted by Crippen LogP contribution is -2.37. The lowest BCUT2D eigenvalue weighted by molar-refractivity contribution is 0.0434. The zero-order valence-corrected chi connectivity index (χ0v) is 10.3. The fourth-order valence-electron chi connectivity index (χ4n) is 1.52. The number of aliphatic hydroxyl groups is 1. The van der Waals surface area contributed by atoms with Gasteiger partial charge in [0.2, 0.25) is 0 Å². The minimum Gasteiger partial charge on any atom is -0.476 e. The van der Waals surface area contributed by atoms with Crippen molar-refractivity contribution in [3.8, 4) is 0 Å². The van der Waals surface area contributed by atoms with Crippen LogP contribution in [0.5, 0.6) is 0 Å². The van der Waals surface area contributed by atoms with Crippen LogP contribution in [-0.4, -0.2) is 61.8 Å². The third-order valence-corrected chi connectivity index (χ3v) is 2.13. The molecule has 1 rings (SSSR count). The van der Waals surface area contributed by atoms with Crippen LogP contribution in [-0.2, 0) is 6.54 Å². The molecule has 17 heavy (non-hydrogen) atoms. The van der Waals surface area contributed by atoms with Gasteiger partial charge >= 0.3 is 5.97 Å². The van der Waals surface area contributed by atoms with E-state index in [1.54, 1.807) is 13.8 Å². The average molecular weight is 242 g/mol. The van der Waals surface area contributed by atoms with Gasteiger partial charge in [-0.25, -0.2) is 4.79 Å². The van der Waals surface area contributed by atoms with Crippen molar-refractivity contribution in [1.82, 2.24) is 19.9 Å². The molecule has 1 heterocycles. The van der Waals surface area contributed by atoms with E-state index in [0.717, 1.165) is 0 Å². The van der Waals surface area contributed by atoms with Crippen molar-refractivity contribution < 1.29 is 15.0 Å². The van der Waals surface area contributed by atoms with Crippen LogP contribution in [0.25, 0.3) is 0 Å². The number of carboxylic acid groups (broad SMARTS) is 1. The highest BCUT2D eigenvalue weighted by atomic mass is 16.4. The van der Waals surface area contributed by atoms with E-state index in [4.69, 9.17) is 5.11 Å². The third kappa shape index (κ3) is 4.92. The highest BCUT2D eigenvalue weighted by Crippen LogP contribution is 2.03. The number of aromatic carboxylic acids is 1. The van der Waals surface area contributed by atoms with Crippen molar-refractivity contribution in [2.45, 2.75) is 26.0 Å². The van der Waals surface area contributed by atoms with E-state index in [1.165, 1.54) is 10.9 Å². The molecule has 1 aromatic heterocycles. The maximum absolute atomic E-state index is 10.6. The first kappa shape index (κ1) is 13.6. The second kappa shape index (κ2) is 5.24. The predicted octanol–water partition coefficient (Wildman–Crippen LogP) is -0.321. The number of aromatic nitrogens is 3. The number of carbonyl (C=O) groups is 1. The van der Waals surface area contributed by atoms with Gasteiger partial charge in [-0.3, -0.25) is 4.68 Å². The highest BCUT2D eigenvalue weighted by Gasteiger charge is 2.15. The fourth-order valence-corrected chi connectivity index (χ4v) is 1.52. The second-order valence-electron chi connectivity index (χ2n) is 4.72. The summed E-state index contributed by atoms with van der Waals surface area (Å²) in [4.78, 5) is 12.5.